The van der Waals surface area contributed by atoms with Gasteiger partial charge in [-0.25, -0.2) is 9.59 Å². The number of rotatable bonds is 9. The first kappa shape index (κ1) is 23.7. The van der Waals surface area contributed by atoms with Gasteiger partial charge in [-0.2, -0.15) is 0 Å². The van der Waals surface area contributed by atoms with Crippen molar-refractivity contribution < 1.29 is 24.2 Å². The van der Waals surface area contributed by atoms with Crippen molar-refractivity contribution in [2.45, 2.75) is 39.0 Å². The van der Waals surface area contributed by atoms with Crippen LogP contribution < -0.4 is 10.6 Å². The summed E-state index contributed by atoms with van der Waals surface area (Å²) in [5.41, 5.74) is 1.64. The Labute approximate surface area is 189 Å². The highest BCUT2D eigenvalue weighted by Gasteiger charge is 2.29. The summed E-state index contributed by atoms with van der Waals surface area (Å²) in [6.07, 6.45) is -0.596. The van der Waals surface area contributed by atoms with Crippen molar-refractivity contribution in [1.29, 1.82) is 0 Å². The van der Waals surface area contributed by atoms with E-state index in [1.54, 1.807) is 13.8 Å². The van der Waals surface area contributed by atoms with Crippen LogP contribution in [0.1, 0.15) is 25.0 Å². The maximum absolute atomic E-state index is 12.7. The number of ether oxygens (including phenoxy) is 1. The van der Waals surface area contributed by atoms with Gasteiger partial charge in [-0.15, -0.1) is 0 Å². The van der Waals surface area contributed by atoms with Gasteiger partial charge in [0.25, 0.3) is 0 Å². The lowest BCUT2D eigenvalue weighted by atomic mass is 10.0. The summed E-state index contributed by atoms with van der Waals surface area (Å²) in [4.78, 5) is 36.6. The van der Waals surface area contributed by atoms with Gasteiger partial charge in [0.05, 0.1) is 0 Å². The standard InChI is InChI=1S/C22H25IN2O5/c1-14(2)19(25-22(29)30-13-15-8-4-3-5-9-15)20(26)24-18(21(27)28)12-16-10-6-7-11-17(16)23/h3-11,14,18-19H,12-13H2,1-2H3,(H,24,26)(H,25,29)(H,27,28)/t18-,19-/m0/s1. The zero-order chi connectivity index (χ0) is 22.1. The number of carboxylic acid groups (broad SMARTS) is 1. The highest BCUT2D eigenvalue weighted by molar-refractivity contribution is 14.1. The summed E-state index contributed by atoms with van der Waals surface area (Å²) in [5, 5.41) is 14.6. The van der Waals surface area contributed by atoms with Crippen molar-refractivity contribution in [2.75, 3.05) is 0 Å². The number of benzene rings is 2. The van der Waals surface area contributed by atoms with Crippen LogP contribution in [0.25, 0.3) is 0 Å². The molecule has 2 aromatic rings. The number of carbonyl (C=O) groups is 3. The average molecular weight is 524 g/mol. The monoisotopic (exact) mass is 524 g/mol. The molecule has 0 aliphatic heterocycles. The normalized spacial score (nSPS) is 12.7. The molecule has 7 nitrogen and oxygen atoms in total. The molecule has 2 atom stereocenters. The van der Waals surface area contributed by atoms with Gasteiger partial charge in [0, 0.05) is 9.99 Å². The Bertz CT molecular complexity index is 873. The molecule has 0 aromatic heterocycles. The van der Waals surface area contributed by atoms with E-state index in [1.807, 2.05) is 54.6 Å². The maximum Gasteiger partial charge on any atom is 0.408 e. The van der Waals surface area contributed by atoms with E-state index in [0.29, 0.717) is 0 Å². The summed E-state index contributed by atoms with van der Waals surface area (Å²) in [6, 6.07) is 14.5. The Morgan fingerprint density at radius 2 is 1.63 bits per heavy atom. The van der Waals surface area contributed by atoms with Crippen LogP contribution >= 0.6 is 22.6 Å². The lowest BCUT2D eigenvalue weighted by molar-refractivity contribution is -0.142. The lowest BCUT2D eigenvalue weighted by Crippen LogP contribution is -2.54. The number of nitrogens with one attached hydrogen (secondary N) is 2. The second-order valence-electron chi connectivity index (χ2n) is 7.12. The third-order valence-electron chi connectivity index (χ3n) is 4.43. The fourth-order valence-corrected chi connectivity index (χ4v) is 3.38. The van der Waals surface area contributed by atoms with Gasteiger partial charge in [-0.1, -0.05) is 62.4 Å². The fraction of sp³-hybridized carbons (Fsp3) is 0.318. The minimum atomic E-state index is -1.14. The van der Waals surface area contributed by atoms with E-state index in [4.69, 9.17) is 4.74 Å². The van der Waals surface area contributed by atoms with Crippen LogP contribution in [-0.2, 0) is 27.4 Å². The molecule has 0 fully saturated rings. The third-order valence-corrected chi connectivity index (χ3v) is 5.48. The summed E-state index contributed by atoms with van der Waals surface area (Å²) in [5.74, 6) is -1.97. The summed E-state index contributed by atoms with van der Waals surface area (Å²) >= 11 is 2.13. The van der Waals surface area contributed by atoms with E-state index in [2.05, 4.69) is 33.2 Å². The molecule has 0 saturated carbocycles. The quantitative estimate of drug-likeness (QED) is 0.437. The van der Waals surface area contributed by atoms with Crippen LogP contribution in [-0.4, -0.2) is 35.2 Å². The molecule has 0 bridgehead atoms. The highest BCUT2D eigenvalue weighted by Crippen LogP contribution is 2.14. The number of hydrogen-bond acceptors (Lipinski definition) is 4. The van der Waals surface area contributed by atoms with E-state index in [1.165, 1.54) is 0 Å². The Morgan fingerprint density at radius 3 is 2.23 bits per heavy atom. The molecular formula is C22H25IN2O5. The summed E-state index contributed by atoms with van der Waals surface area (Å²) < 4.78 is 6.09. The summed E-state index contributed by atoms with van der Waals surface area (Å²) in [7, 11) is 0. The SMILES string of the molecule is CC(C)[C@H](NC(=O)OCc1ccccc1)C(=O)N[C@@H](Cc1ccccc1I)C(=O)O. The molecule has 0 saturated heterocycles. The Hall–Kier alpha value is -2.62. The van der Waals surface area contributed by atoms with Gasteiger partial charge in [-0.3, -0.25) is 4.79 Å². The largest absolute Gasteiger partial charge is 0.480 e. The first-order valence-electron chi connectivity index (χ1n) is 9.51. The number of alkyl carbamates (subject to hydrolysis) is 1. The van der Waals surface area contributed by atoms with Crippen LogP contribution in [0.5, 0.6) is 0 Å². The van der Waals surface area contributed by atoms with Crippen molar-refractivity contribution in [2.24, 2.45) is 5.92 Å². The number of aliphatic carboxylic acids is 1. The molecule has 0 spiro atoms. The Morgan fingerprint density at radius 1 is 1.00 bits per heavy atom. The minimum Gasteiger partial charge on any atom is -0.480 e. The molecule has 0 radical (unpaired) electrons. The predicted octanol–water partition coefficient (Wildman–Crippen LogP) is 3.35. The molecule has 0 aliphatic rings. The molecule has 30 heavy (non-hydrogen) atoms. The van der Waals surface area contributed by atoms with E-state index < -0.39 is 30.1 Å². The number of hydrogen-bond donors (Lipinski definition) is 3. The minimum absolute atomic E-state index is 0.0727. The first-order valence-corrected chi connectivity index (χ1v) is 10.6. The first-order chi connectivity index (χ1) is 14.3. The molecule has 3 N–H and O–H groups in total. The number of carbonyl (C=O) groups excluding carboxylic acids is 2. The number of halogens is 1. The van der Waals surface area contributed by atoms with Gasteiger partial charge < -0.3 is 20.5 Å². The predicted molar refractivity (Wildman–Crippen MR) is 121 cm³/mol. The van der Waals surface area contributed by atoms with Crippen molar-refractivity contribution in [3.8, 4) is 0 Å². The lowest BCUT2D eigenvalue weighted by Gasteiger charge is -2.24. The van der Waals surface area contributed by atoms with Crippen LogP contribution in [0.2, 0.25) is 0 Å². The van der Waals surface area contributed by atoms with E-state index in [0.717, 1.165) is 14.7 Å². The van der Waals surface area contributed by atoms with Gasteiger partial charge in [0.2, 0.25) is 5.91 Å². The second-order valence-corrected chi connectivity index (χ2v) is 8.28. The smallest absolute Gasteiger partial charge is 0.408 e. The number of amides is 2. The van der Waals surface area contributed by atoms with E-state index in [9.17, 15) is 19.5 Å². The maximum atomic E-state index is 12.7. The molecule has 2 aromatic carbocycles. The molecule has 2 amide bonds. The van der Waals surface area contributed by atoms with Gasteiger partial charge in [-0.05, 0) is 45.7 Å². The highest BCUT2D eigenvalue weighted by atomic mass is 127. The van der Waals surface area contributed by atoms with E-state index in [-0.39, 0.29) is 18.9 Å². The zero-order valence-corrected chi connectivity index (χ0v) is 19.0. The zero-order valence-electron chi connectivity index (χ0n) is 16.8. The molecule has 2 rings (SSSR count). The molecular weight excluding hydrogens is 499 g/mol. The van der Waals surface area contributed by atoms with E-state index >= 15 is 0 Å². The third kappa shape index (κ3) is 7.33. The molecule has 8 heteroatoms. The van der Waals surface area contributed by atoms with Gasteiger partial charge in [0.1, 0.15) is 18.7 Å². The van der Waals surface area contributed by atoms with Crippen LogP contribution in [0.3, 0.4) is 0 Å². The molecule has 0 aliphatic carbocycles. The van der Waals surface area contributed by atoms with Crippen molar-refractivity contribution in [3.63, 3.8) is 0 Å². The number of carboxylic acids is 1. The topological polar surface area (TPSA) is 105 Å². The van der Waals surface area contributed by atoms with Gasteiger partial charge >= 0.3 is 12.1 Å². The van der Waals surface area contributed by atoms with Crippen LogP contribution in [0.4, 0.5) is 4.79 Å². The second kappa shape index (κ2) is 11.5. The van der Waals surface area contributed by atoms with Crippen molar-refractivity contribution in [3.05, 3.63) is 69.3 Å². The van der Waals surface area contributed by atoms with Crippen molar-refractivity contribution >= 4 is 40.6 Å². The summed E-state index contributed by atoms with van der Waals surface area (Å²) in [6.45, 7) is 3.60. The Balaban J connectivity index is 1.99. The average Bonchev–Trinajstić information content (AvgIpc) is 2.71. The van der Waals surface area contributed by atoms with Gasteiger partial charge in [0.15, 0.2) is 0 Å². The molecule has 0 unspecified atom stereocenters. The van der Waals surface area contributed by atoms with Crippen LogP contribution in [0.15, 0.2) is 54.6 Å². The van der Waals surface area contributed by atoms with Crippen molar-refractivity contribution in [1.82, 2.24) is 10.6 Å². The molecule has 0 heterocycles. The fourth-order valence-electron chi connectivity index (χ4n) is 2.77. The molecule has 160 valence electrons. The Kier molecular flexibility index (Phi) is 9.10. The van der Waals surface area contributed by atoms with Crippen LogP contribution in [0, 0.1) is 9.49 Å².